The molecular formula is C20H26N4O5. The molecule has 0 saturated carbocycles. The maximum Gasteiger partial charge on any atom is 0.337 e. The lowest BCUT2D eigenvalue weighted by Crippen LogP contribution is -2.30. The van der Waals surface area contributed by atoms with Crippen molar-refractivity contribution in [2.24, 2.45) is 5.73 Å². The number of aromatic nitrogens is 2. The molecule has 0 aliphatic rings. The van der Waals surface area contributed by atoms with E-state index in [4.69, 9.17) is 15.9 Å². The SMILES string of the molecule is N[C@@H](CCCCNC(=O)CCc1ccccn1)C(=O)O.O=C(O)c1cccnc1. The normalized spacial score (nSPS) is 10.9. The fraction of sp³-hybridized carbons (Fsp3) is 0.350. The minimum absolute atomic E-state index is 0.0156. The third kappa shape index (κ3) is 11.2. The lowest BCUT2D eigenvalue weighted by Gasteiger charge is -2.07. The van der Waals surface area contributed by atoms with E-state index in [9.17, 15) is 14.4 Å². The van der Waals surface area contributed by atoms with Gasteiger partial charge in [0, 0.05) is 37.3 Å². The second-order valence-corrected chi connectivity index (χ2v) is 6.16. The standard InChI is InChI=1S/C14H21N3O3.C6H5NO2/c15-12(14(19)20)6-2-4-10-17-13(18)8-7-11-5-1-3-9-16-11;8-6(9)5-2-1-3-7-4-5/h1,3,5,9,12H,2,4,6-8,10,15H2,(H,17,18)(H,19,20);1-4H,(H,8,9)/t12-;/m0./s1. The van der Waals surface area contributed by atoms with E-state index in [-0.39, 0.29) is 11.5 Å². The number of carbonyl (C=O) groups is 3. The van der Waals surface area contributed by atoms with Crippen LogP contribution in [-0.4, -0.2) is 50.6 Å². The number of pyridine rings is 2. The molecule has 0 bridgehead atoms. The number of nitrogens with two attached hydrogens (primary N) is 1. The van der Waals surface area contributed by atoms with E-state index in [1.165, 1.54) is 18.5 Å². The molecule has 0 radical (unpaired) electrons. The van der Waals surface area contributed by atoms with E-state index in [1.54, 1.807) is 12.3 Å². The molecule has 1 amide bonds. The van der Waals surface area contributed by atoms with Crippen LogP contribution >= 0.6 is 0 Å². The van der Waals surface area contributed by atoms with E-state index in [2.05, 4.69) is 15.3 Å². The number of nitrogens with one attached hydrogen (secondary N) is 1. The molecule has 0 spiro atoms. The van der Waals surface area contributed by atoms with Gasteiger partial charge in [0.25, 0.3) is 0 Å². The van der Waals surface area contributed by atoms with Crippen molar-refractivity contribution in [2.75, 3.05) is 6.54 Å². The zero-order valence-electron chi connectivity index (χ0n) is 16.0. The number of hydrogen-bond acceptors (Lipinski definition) is 6. The van der Waals surface area contributed by atoms with Crippen molar-refractivity contribution < 1.29 is 24.6 Å². The summed E-state index contributed by atoms with van der Waals surface area (Å²) in [6, 6.07) is 7.89. The number of hydrogen-bond donors (Lipinski definition) is 4. The maximum atomic E-state index is 11.6. The quantitative estimate of drug-likeness (QED) is 0.436. The highest BCUT2D eigenvalue weighted by molar-refractivity contribution is 5.86. The number of aryl methyl sites for hydroxylation is 1. The molecule has 0 aliphatic carbocycles. The van der Waals surface area contributed by atoms with Crippen molar-refractivity contribution in [2.45, 2.75) is 38.1 Å². The molecule has 9 heteroatoms. The van der Waals surface area contributed by atoms with Crippen LogP contribution < -0.4 is 11.1 Å². The van der Waals surface area contributed by atoms with Gasteiger partial charge >= 0.3 is 11.9 Å². The van der Waals surface area contributed by atoms with Crippen LogP contribution in [0.15, 0.2) is 48.9 Å². The molecule has 2 aromatic heterocycles. The first-order chi connectivity index (χ1) is 13.9. The minimum Gasteiger partial charge on any atom is -0.480 e. The van der Waals surface area contributed by atoms with Gasteiger partial charge in [0.2, 0.25) is 5.91 Å². The van der Waals surface area contributed by atoms with Crippen molar-refractivity contribution in [1.29, 1.82) is 0 Å². The topological polar surface area (TPSA) is 156 Å². The maximum absolute atomic E-state index is 11.6. The Bertz CT molecular complexity index is 756. The molecule has 1 atom stereocenters. The Morgan fingerprint density at radius 3 is 2.41 bits per heavy atom. The molecule has 2 rings (SSSR count). The van der Waals surface area contributed by atoms with Gasteiger partial charge in [0.1, 0.15) is 6.04 Å². The summed E-state index contributed by atoms with van der Waals surface area (Å²) >= 11 is 0. The molecule has 29 heavy (non-hydrogen) atoms. The Hall–Kier alpha value is -3.33. The lowest BCUT2D eigenvalue weighted by atomic mass is 10.1. The predicted octanol–water partition coefficient (Wildman–Crippen LogP) is 1.49. The number of nitrogens with zero attached hydrogens (tertiary/aromatic N) is 2. The van der Waals surface area contributed by atoms with Crippen LogP contribution in [0.3, 0.4) is 0 Å². The molecule has 2 heterocycles. The predicted molar refractivity (Wildman–Crippen MR) is 106 cm³/mol. The summed E-state index contributed by atoms with van der Waals surface area (Å²) in [5.74, 6) is -1.94. The van der Waals surface area contributed by atoms with Crippen LogP contribution in [-0.2, 0) is 16.0 Å². The second kappa shape index (κ2) is 13.8. The first-order valence-electron chi connectivity index (χ1n) is 9.18. The number of aromatic carboxylic acids is 1. The summed E-state index contributed by atoms with van der Waals surface area (Å²) in [5, 5.41) is 19.8. The van der Waals surface area contributed by atoms with Crippen LogP contribution in [0, 0.1) is 0 Å². The highest BCUT2D eigenvalue weighted by Gasteiger charge is 2.10. The van der Waals surface area contributed by atoms with Crippen LogP contribution in [0.2, 0.25) is 0 Å². The van der Waals surface area contributed by atoms with Crippen LogP contribution in [0.25, 0.3) is 0 Å². The molecule has 0 saturated heterocycles. The summed E-state index contributed by atoms with van der Waals surface area (Å²) < 4.78 is 0. The van der Waals surface area contributed by atoms with Gasteiger partial charge in [-0.1, -0.05) is 6.07 Å². The zero-order chi connectivity index (χ0) is 21.5. The summed E-state index contributed by atoms with van der Waals surface area (Å²) in [4.78, 5) is 40.0. The third-order valence-electron chi connectivity index (χ3n) is 3.82. The first-order valence-corrected chi connectivity index (χ1v) is 9.18. The average molecular weight is 402 g/mol. The molecule has 156 valence electrons. The van der Waals surface area contributed by atoms with Gasteiger partial charge in [-0.15, -0.1) is 0 Å². The number of unbranched alkanes of at least 4 members (excludes halogenated alkanes) is 1. The Morgan fingerprint density at radius 2 is 1.86 bits per heavy atom. The van der Waals surface area contributed by atoms with Gasteiger partial charge in [-0.2, -0.15) is 0 Å². The second-order valence-electron chi connectivity index (χ2n) is 6.16. The van der Waals surface area contributed by atoms with Gasteiger partial charge in [-0.05, 0) is 49.9 Å². The van der Waals surface area contributed by atoms with Crippen molar-refractivity contribution in [3.8, 4) is 0 Å². The Labute approximate surface area is 169 Å². The first kappa shape index (κ1) is 23.7. The van der Waals surface area contributed by atoms with Crippen LogP contribution in [0.1, 0.15) is 41.7 Å². The number of carbonyl (C=O) groups excluding carboxylic acids is 1. The van der Waals surface area contributed by atoms with E-state index in [0.717, 1.165) is 12.1 Å². The van der Waals surface area contributed by atoms with Crippen molar-refractivity contribution in [3.05, 3.63) is 60.2 Å². The molecule has 5 N–H and O–H groups in total. The molecular weight excluding hydrogens is 376 g/mol. The van der Waals surface area contributed by atoms with Crippen molar-refractivity contribution in [3.63, 3.8) is 0 Å². The van der Waals surface area contributed by atoms with Gasteiger partial charge < -0.3 is 21.3 Å². The van der Waals surface area contributed by atoms with Crippen molar-refractivity contribution in [1.82, 2.24) is 15.3 Å². The Balaban J connectivity index is 0.000000387. The molecule has 0 aromatic carbocycles. The molecule has 0 unspecified atom stereocenters. The van der Waals surface area contributed by atoms with Crippen molar-refractivity contribution >= 4 is 17.8 Å². The lowest BCUT2D eigenvalue weighted by molar-refractivity contribution is -0.138. The molecule has 9 nitrogen and oxygen atoms in total. The molecule has 0 aliphatic heterocycles. The summed E-state index contributed by atoms with van der Waals surface area (Å²) in [6.07, 6.45) is 7.43. The van der Waals surface area contributed by atoms with E-state index in [0.29, 0.717) is 32.2 Å². The number of amides is 1. The van der Waals surface area contributed by atoms with Gasteiger partial charge in [-0.3, -0.25) is 19.6 Å². The Kier molecular flexibility index (Phi) is 11.3. The minimum atomic E-state index is -0.982. The highest BCUT2D eigenvalue weighted by atomic mass is 16.4. The highest BCUT2D eigenvalue weighted by Crippen LogP contribution is 2.00. The van der Waals surface area contributed by atoms with Crippen LogP contribution in [0.5, 0.6) is 0 Å². The van der Waals surface area contributed by atoms with Gasteiger partial charge in [0.05, 0.1) is 5.56 Å². The van der Waals surface area contributed by atoms with E-state index >= 15 is 0 Å². The third-order valence-corrected chi connectivity index (χ3v) is 3.82. The summed E-state index contributed by atoms with van der Waals surface area (Å²) in [6.45, 7) is 0.549. The Morgan fingerprint density at radius 1 is 1.07 bits per heavy atom. The van der Waals surface area contributed by atoms with Gasteiger partial charge in [0.15, 0.2) is 0 Å². The number of rotatable bonds is 10. The molecule has 2 aromatic rings. The summed E-state index contributed by atoms with van der Waals surface area (Å²) in [5.41, 5.74) is 6.49. The smallest absolute Gasteiger partial charge is 0.337 e. The fourth-order valence-electron chi connectivity index (χ4n) is 2.21. The van der Waals surface area contributed by atoms with Gasteiger partial charge in [-0.25, -0.2) is 4.79 Å². The number of carboxylic acids is 2. The number of aliphatic carboxylic acids is 1. The summed E-state index contributed by atoms with van der Waals surface area (Å²) in [7, 11) is 0. The van der Waals surface area contributed by atoms with Crippen LogP contribution in [0.4, 0.5) is 0 Å². The zero-order valence-corrected chi connectivity index (χ0v) is 16.0. The fourth-order valence-corrected chi connectivity index (χ4v) is 2.21. The molecule has 0 fully saturated rings. The number of carboxylic acid groups (broad SMARTS) is 2. The average Bonchev–Trinajstić information content (AvgIpc) is 2.73. The van der Waals surface area contributed by atoms with E-state index in [1.807, 2.05) is 18.2 Å². The van der Waals surface area contributed by atoms with E-state index < -0.39 is 18.0 Å². The largest absolute Gasteiger partial charge is 0.480 e. The monoisotopic (exact) mass is 402 g/mol.